The third-order valence-corrected chi connectivity index (χ3v) is 20.2. The summed E-state index contributed by atoms with van der Waals surface area (Å²) in [6, 6.07) is 0. The Balaban J connectivity index is 1.19. The summed E-state index contributed by atoms with van der Waals surface area (Å²) in [6.45, 7) is 0. The van der Waals surface area contributed by atoms with Gasteiger partial charge in [-0.2, -0.15) is 0 Å². The molecule has 0 N–H and O–H groups in total. The molecule has 2 aliphatic rings. The van der Waals surface area contributed by atoms with E-state index in [4.69, 9.17) is 0 Å². The Hall–Kier alpha value is 3.42. The molecule has 0 amide bonds. The van der Waals surface area contributed by atoms with E-state index in [0.717, 1.165) is 10.5 Å². The maximum atomic E-state index is 2.27. The van der Waals surface area contributed by atoms with Crippen LogP contribution in [0.4, 0.5) is 0 Å². The van der Waals surface area contributed by atoms with Crippen molar-refractivity contribution < 1.29 is 0 Å². The van der Waals surface area contributed by atoms with Gasteiger partial charge in [-0.25, -0.2) is 0 Å². The molecule has 2 rings (SSSR count). The molecule has 0 saturated carbocycles. The molecule has 0 nitrogen and oxygen atoms in total. The van der Waals surface area contributed by atoms with E-state index in [2.05, 4.69) is 35.3 Å². The summed E-state index contributed by atoms with van der Waals surface area (Å²) in [6.07, 6.45) is 0. The van der Waals surface area contributed by atoms with Crippen LogP contribution in [-0.4, -0.2) is 96.3 Å². The normalized spacial score (nSPS) is 25.3. The SMILES string of the molecule is C(C[Te]CC[Te]CC1CS1)SCC[Te]CC1CS1. The van der Waals surface area contributed by atoms with E-state index in [1.54, 1.807) is 26.8 Å². The standard InChI is InChI=1S/C12H22S3Te3/c1(13-2-4-17-9-11-7-14-11)3-16-5-6-18-10-12-8-15-12/h11-12H,1-10H2. The van der Waals surface area contributed by atoms with Gasteiger partial charge in [0.15, 0.2) is 0 Å². The fourth-order valence-electron chi connectivity index (χ4n) is 1.32. The Morgan fingerprint density at radius 3 is 1.89 bits per heavy atom. The van der Waals surface area contributed by atoms with Crippen LogP contribution in [0.15, 0.2) is 0 Å². The third kappa shape index (κ3) is 11.0. The number of thioether (sulfide) groups is 3. The van der Waals surface area contributed by atoms with Crippen molar-refractivity contribution >= 4 is 98.1 Å². The monoisotopic (exact) mass is 652 g/mol. The first-order valence-corrected chi connectivity index (χ1v) is 19.6. The van der Waals surface area contributed by atoms with Crippen LogP contribution in [0, 0.1) is 0 Å². The van der Waals surface area contributed by atoms with Gasteiger partial charge in [0.25, 0.3) is 0 Å². The van der Waals surface area contributed by atoms with Crippen LogP contribution >= 0.6 is 35.3 Å². The van der Waals surface area contributed by atoms with E-state index in [-0.39, 0.29) is 0 Å². The van der Waals surface area contributed by atoms with Gasteiger partial charge in [0.2, 0.25) is 0 Å². The number of hydrogen-bond acceptors (Lipinski definition) is 3. The molecule has 18 heavy (non-hydrogen) atoms. The van der Waals surface area contributed by atoms with Gasteiger partial charge in [-0.15, -0.1) is 0 Å². The number of rotatable bonds is 13. The van der Waals surface area contributed by atoms with E-state index in [1.807, 2.05) is 0 Å². The molecule has 2 saturated heterocycles. The Labute approximate surface area is 156 Å². The van der Waals surface area contributed by atoms with Gasteiger partial charge >= 0.3 is 158 Å². The van der Waals surface area contributed by atoms with Gasteiger partial charge in [-0.3, -0.25) is 0 Å². The fraction of sp³-hybridized carbons (Fsp3) is 1.00. The molecule has 2 fully saturated rings. The van der Waals surface area contributed by atoms with Crippen LogP contribution in [0.25, 0.3) is 0 Å². The van der Waals surface area contributed by atoms with Crippen molar-refractivity contribution in [3.8, 4) is 0 Å². The van der Waals surface area contributed by atoms with Crippen molar-refractivity contribution in [2.24, 2.45) is 0 Å². The first-order valence-electron chi connectivity index (χ1n) is 6.49. The zero-order valence-electron chi connectivity index (χ0n) is 10.7. The Bertz CT molecular complexity index is 189. The zero-order valence-corrected chi connectivity index (χ0v) is 20.1. The third-order valence-electron chi connectivity index (χ3n) is 2.53. The summed E-state index contributed by atoms with van der Waals surface area (Å²) in [5.74, 6) is 6.00. The summed E-state index contributed by atoms with van der Waals surface area (Å²) in [7, 11) is 0. The predicted molar refractivity (Wildman–Crippen MR) is 95.9 cm³/mol. The molecule has 2 heterocycles. The van der Waals surface area contributed by atoms with Crippen molar-refractivity contribution in [2.45, 2.75) is 37.3 Å². The van der Waals surface area contributed by atoms with Gasteiger partial charge < -0.3 is 0 Å². The van der Waals surface area contributed by atoms with E-state index in [1.165, 1.54) is 23.0 Å². The first-order chi connectivity index (χ1) is 8.95. The van der Waals surface area contributed by atoms with Crippen molar-refractivity contribution in [1.29, 1.82) is 0 Å². The Morgan fingerprint density at radius 2 is 1.28 bits per heavy atom. The van der Waals surface area contributed by atoms with E-state index >= 15 is 0 Å². The quantitative estimate of drug-likeness (QED) is 0.171. The molecule has 0 bridgehead atoms. The van der Waals surface area contributed by atoms with Crippen LogP contribution in [-0.2, 0) is 0 Å². The van der Waals surface area contributed by atoms with E-state index in [9.17, 15) is 0 Å². The van der Waals surface area contributed by atoms with Gasteiger partial charge in [0, 0.05) is 0 Å². The van der Waals surface area contributed by atoms with Crippen molar-refractivity contribution in [3.05, 3.63) is 0 Å². The maximum absolute atomic E-state index is 2.27. The second-order valence-corrected chi connectivity index (χ2v) is 18.2. The molecule has 0 aromatic rings. The fourth-order valence-corrected chi connectivity index (χ4v) is 19.5. The van der Waals surface area contributed by atoms with Gasteiger partial charge in [0.1, 0.15) is 0 Å². The molecule has 2 unspecified atom stereocenters. The van der Waals surface area contributed by atoms with Gasteiger partial charge in [-0.05, 0) is 0 Å². The second-order valence-electron chi connectivity index (χ2n) is 4.29. The van der Waals surface area contributed by atoms with Crippen LogP contribution in [0.1, 0.15) is 0 Å². The summed E-state index contributed by atoms with van der Waals surface area (Å²) in [5.41, 5.74) is 0. The second kappa shape index (κ2) is 11.9. The van der Waals surface area contributed by atoms with Crippen LogP contribution in [0.5, 0.6) is 0 Å². The molecule has 2 aliphatic heterocycles. The van der Waals surface area contributed by atoms with E-state index in [0.29, 0.717) is 62.8 Å². The van der Waals surface area contributed by atoms with Crippen molar-refractivity contribution in [2.75, 3.05) is 23.0 Å². The van der Waals surface area contributed by atoms with Crippen LogP contribution in [0.3, 0.4) is 0 Å². The molecular formula is C12H22S3Te3. The predicted octanol–water partition coefficient (Wildman–Crippen LogP) is 3.57. The summed E-state index contributed by atoms with van der Waals surface area (Å²) in [5, 5.41) is 2.27. The number of hydrogen-bond donors (Lipinski definition) is 0. The van der Waals surface area contributed by atoms with Crippen LogP contribution in [0.2, 0.25) is 26.8 Å². The van der Waals surface area contributed by atoms with Gasteiger partial charge in [0.05, 0.1) is 0 Å². The van der Waals surface area contributed by atoms with Crippen LogP contribution < -0.4 is 0 Å². The molecule has 0 radical (unpaired) electrons. The first kappa shape index (κ1) is 17.8. The summed E-state index contributed by atoms with van der Waals surface area (Å²) < 4.78 is 9.88. The molecular weight excluding hydrogens is 623 g/mol. The van der Waals surface area contributed by atoms with Crippen molar-refractivity contribution in [1.82, 2.24) is 0 Å². The minimum atomic E-state index is 0.419. The van der Waals surface area contributed by atoms with Crippen molar-refractivity contribution in [3.63, 3.8) is 0 Å². The minimum absolute atomic E-state index is 0.419. The van der Waals surface area contributed by atoms with Gasteiger partial charge in [-0.1, -0.05) is 0 Å². The molecule has 2 atom stereocenters. The average molecular weight is 645 g/mol. The summed E-state index contributed by atoms with van der Waals surface area (Å²) in [4.78, 5) is 0. The molecule has 0 aromatic carbocycles. The molecule has 6 heteroatoms. The molecule has 0 aromatic heterocycles. The Morgan fingerprint density at radius 1 is 0.778 bits per heavy atom. The zero-order chi connectivity index (χ0) is 12.5. The molecule has 0 aliphatic carbocycles. The average Bonchev–Trinajstić information content (AvgIpc) is 3.25. The molecule has 0 spiro atoms. The summed E-state index contributed by atoms with van der Waals surface area (Å²) >= 11 is 7.96. The molecule has 106 valence electrons. The topological polar surface area (TPSA) is 0 Å². The van der Waals surface area contributed by atoms with E-state index < -0.39 is 0 Å². The Kier molecular flexibility index (Phi) is 11.8.